The first-order valence-corrected chi connectivity index (χ1v) is 6.01. The van der Waals surface area contributed by atoms with Crippen molar-refractivity contribution < 1.29 is 14.6 Å². The molecule has 1 heterocycles. The van der Waals surface area contributed by atoms with Crippen LogP contribution in [0.4, 0.5) is 4.79 Å². The molecule has 0 saturated carbocycles. The molecular formula is C13H18N2O3. The molecule has 0 spiro atoms. The second-order valence-electron chi connectivity index (χ2n) is 4.41. The Morgan fingerprint density at radius 1 is 1.44 bits per heavy atom. The molecule has 0 bridgehead atoms. The molecule has 1 amide bonds. The van der Waals surface area contributed by atoms with Crippen LogP contribution in [0.15, 0.2) is 30.3 Å². The van der Waals surface area contributed by atoms with Crippen LogP contribution in [0, 0.1) is 0 Å². The summed E-state index contributed by atoms with van der Waals surface area (Å²) in [6, 6.07) is 9.46. The first-order chi connectivity index (χ1) is 8.70. The standard InChI is InChI=1S/C13H18N2O3/c1-14-11-7-15(8-12(11)16)13(17)18-9-10-5-3-2-4-6-10/h2-6,11-12,14,16H,7-9H2,1H3/t11-,12-/m1/s1. The molecule has 1 aromatic rings. The van der Waals surface area contributed by atoms with Gasteiger partial charge in [0.2, 0.25) is 0 Å². The van der Waals surface area contributed by atoms with Crippen molar-refractivity contribution in [3.8, 4) is 0 Å². The topological polar surface area (TPSA) is 61.8 Å². The highest BCUT2D eigenvalue weighted by Gasteiger charge is 2.33. The Labute approximate surface area is 106 Å². The number of likely N-dealkylation sites (tertiary alicyclic amines) is 1. The van der Waals surface area contributed by atoms with Gasteiger partial charge in [0.05, 0.1) is 18.7 Å². The van der Waals surface area contributed by atoms with Crippen molar-refractivity contribution in [2.45, 2.75) is 18.8 Å². The molecule has 5 nitrogen and oxygen atoms in total. The molecule has 0 unspecified atom stereocenters. The minimum absolute atomic E-state index is 0.0747. The van der Waals surface area contributed by atoms with Gasteiger partial charge in [-0.3, -0.25) is 0 Å². The number of carbonyl (C=O) groups excluding carboxylic acids is 1. The lowest BCUT2D eigenvalue weighted by molar-refractivity contribution is 0.0970. The lowest BCUT2D eigenvalue weighted by Gasteiger charge is -2.15. The molecule has 2 N–H and O–H groups in total. The molecule has 0 radical (unpaired) electrons. The smallest absolute Gasteiger partial charge is 0.410 e. The minimum atomic E-state index is -0.528. The molecule has 0 aromatic heterocycles. The third-order valence-electron chi connectivity index (χ3n) is 3.12. The van der Waals surface area contributed by atoms with E-state index in [-0.39, 0.29) is 18.7 Å². The predicted molar refractivity (Wildman–Crippen MR) is 67.1 cm³/mol. The Hall–Kier alpha value is -1.59. The summed E-state index contributed by atoms with van der Waals surface area (Å²) in [4.78, 5) is 13.3. The number of carbonyl (C=O) groups is 1. The summed E-state index contributed by atoms with van der Waals surface area (Å²) >= 11 is 0. The molecule has 1 aromatic carbocycles. The highest BCUT2D eigenvalue weighted by atomic mass is 16.6. The van der Waals surface area contributed by atoms with Crippen LogP contribution in [-0.2, 0) is 11.3 Å². The van der Waals surface area contributed by atoms with Crippen molar-refractivity contribution in [1.29, 1.82) is 0 Å². The SMILES string of the molecule is CN[C@@H]1CN(C(=O)OCc2ccccc2)C[C@H]1O. The zero-order chi connectivity index (χ0) is 13.0. The van der Waals surface area contributed by atoms with E-state index in [1.807, 2.05) is 30.3 Å². The largest absolute Gasteiger partial charge is 0.445 e. The fraction of sp³-hybridized carbons (Fsp3) is 0.462. The zero-order valence-electron chi connectivity index (χ0n) is 10.4. The normalized spacial score (nSPS) is 23.1. The summed E-state index contributed by atoms with van der Waals surface area (Å²) in [6.45, 7) is 1.06. The maximum Gasteiger partial charge on any atom is 0.410 e. The van der Waals surface area contributed by atoms with Crippen LogP contribution in [-0.4, -0.2) is 48.4 Å². The molecule has 1 aliphatic rings. The third-order valence-corrected chi connectivity index (χ3v) is 3.12. The number of aliphatic hydroxyl groups is 1. The third kappa shape index (κ3) is 3.00. The Bertz CT molecular complexity index is 396. The number of likely N-dealkylation sites (N-methyl/N-ethyl adjacent to an activating group) is 1. The van der Waals surface area contributed by atoms with E-state index in [1.54, 1.807) is 7.05 Å². The maximum absolute atomic E-state index is 11.8. The van der Waals surface area contributed by atoms with Gasteiger partial charge in [0.25, 0.3) is 0 Å². The Kier molecular flexibility index (Phi) is 4.17. The Morgan fingerprint density at radius 2 is 2.17 bits per heavy atom. The average Bonchev–Trinajstić information content (AvgIpc) is 2.78. The van der Waals surface area contributed by atoms with Crippen LogP contribution in [0.2, 0.25) is 0 Å². The number of amides is 1. The van der Waals surface area contributed by atoms with E-state index in [2.05, 4.69) is 5.32 Å². The quantitative estimate of drug-likeness (QED) is 0.824. The van der Waals surface area contributed by atoms with Crippen LogP contribution in [0.3, 0.4) is 0 Å². The monoisotopic (exact) mass is 250 g/mol. The number of rotatable bonds is 3. The lowest BCUT2D eigenvalue weighted by Crippen LogP contribution is -2.36. The van der Waals surface area contributed by atoms with Gasteiger partial charge < -0.3 is 20.1 Å². The maximum atomic E-state index is 11.8. The van der Waals surface area contributed by atoms with Crippen LogP contribution >= 0.6 is 0 Å². The van der Waals surface area contributed by atoms with Gasteiger partial charge in [0.1, 0.15) is 6.61 Å². The summed E-state index contributed by atoms with van der Waals surface area (Å²) in [7, 11) is 1.77. The van der Waals surface area contributed by atoms with Crippen molar-refractivity contribution in [2.75, 3.05) is 20.1 Å². The van der Waals surface area contributed by atoms with E-state index in [9.17, 15) is 9.90 Å². The molecule has 5 heteroatoms. The molecule has 2 rings (SSSR count). The highest BCUT2D eigenvalue weighted by molar-refractivity contribution is 5.68. The number of aliphatic hydroxyl groups excluding tert-OH is 1. The molecule has 0 aliphatic carbocycles. The molecule has 98 valence electrons. The molecule has 1 aliphatic heterocycles. The minimum Gasteiger partial charge on any atom is -0.445 e. The van der Waals surface area contributed by atoms with E-state index in [0.29, 0.717) is 13.1 Å². The van der Waals surface area contributed by atoms with Gasteiger partial charge in [-0.15, -0.1) is 0 Å². The van der Waals surface area contributed by atoms with Crippen LogP contribution in [0.5, 0.6) is 0 Å². The van der Waals surface area contributed by atoms with Gasteiger partial charge in [-0.2, -0.15) is 0 Å². The first-order valence-electron chi connectivity index (χ1n) is 6.01. The van der Waals surface area contributed by atoms with E-state index < -0.39 is 6.10 Å². The number of β-amino-alcohol motifs (C(OH)–C–C–N with tert-alkyl or cyclic N) is 1. The zero-order valence-corrected chi connectivity index (χ0v) is 10.4. The number of hydrogen-bond acceptors (Lipinski definition) is 4. The Balaban J connectivity index is 1.82. The fourth-order valence-electron chi connectivity index (χ4n) is 2.03. The number of ether oxygens (including phenoxy) is 1. The number of benzene rings is 1. The van der Waals surface area contributed by atoms with Gasteiger partial charge in [-0.25, -0.2) is 4.79 Å². The molecule has 1 fully saturated rings. The van der Waals surface area contributed by atoms with E-state index in [1.165, 1.54) is 4.90 Å². The van der Waals surface area contributed by atoms with Gasteiger partial charge in [-0.1, -0.05) is 30.3 Å². The van der Waals surface area contributed by atoms with Crippen molar-refractivity contribution >= 4 is 6.09 Å². The average molecular weight is 250 g/mol. The Morgan fingerprint density at radius 3 is 2.78 bits per heavy atom. The molecule has 1 saturated heterocycles. The summed E-state index contributed by atoms with van der Waals surface area (Å²) in [5, 5.41) is 12.7. The van der Waals surface area contributed by atoms with Crippen molar-refractivity contribution in [3.05, 3.63) is 35.9 Å². The van der Waals surface area contributed by atoms with Crippen LogP contribution in [0.25, 0.3) is 0 Å². The van der Waals surface area contributed by atoms with Crippen LogP contribution < -0.4 is 5.32 Å². The molecule has 2 atom stereocenters. The van der Waals surface area contributed by atoms with Crippen molar-refractivity contribution in [2.24, 2.45) is 0 Å². The second-order valence-corrected chi connectivity index (χ2v) is 4.41. The summed E-state index contributed by atoms with van der Waals surface area (Å²) in [6.07, 6.45) is -0.907. The second kappa shape index (κ2) is 5.84. The molecular weight excluding hydrogens is 232 g/mol. The van der Waals surface area contributed by atoms with Gasteiger partial charge in [-0.05, 0) is 12.6 Å². The molecule has 18 heavy (non-hydrogen) atoms. The van der Waals surface area contributed by atoms with Crippen molar-refractivity contribution in [1.82, 2.24) is 10.2 Å². The van der Waals surface area contributed by atoms with E-state index >= 15 is 0 Å². The summed E-state index contributed by atoms with van der Waals surface area (Å²) in [5.41, 5.74) is 0.954. The summed E-state index contributed by atoms with van der Waals surface area (Å²) < 4.78 is 5.20. The van der Waals surface area contributed by atoms with E-state index in [0.717, 1.165) is 5.56 Å². The van der Waals surface area contributed by atoms with E-state index in [4.69, 9.17) is 4.74 Å². The summed E-state index contributed by atoms with van der Waals surface area (Å²) in [5.74, 6) is 0. The highest BCUT2D eigenvalue weighted by Crippen LogP contribution is 2.12. The van der Waals surface area contributed by atoms with Gasteiger partial charge in [0, 0.05) is 6.54 Å². The van der Waals surface area contributed by atoms with Crippen LogP contribution in [0.1, 0.15) is 5.56 Å². The van der Waals surface area contributed by atoms with Gasteiger partial charge >= 0.3 is 6.09 Å². The predicted octanol–water partition coefficient (Wildman–Crippen LogP) is 0.588. The van der Waals surface area contributed by atoms with Crippen molar-refractivity contribution in [3.63, 3.8) is 0 Å². The number of hydrogen-bond donors (Lipinski definition) is 2. The fourth-order valence-corrected chi connectivity index (χ4v) is 2.03. The number of nitrogens with zero attached hydrogens (tertiary/aromatic N) is 1. The lowest BCUT2D eigenvalue weighted by atomic mass is 10.2. The first kappa shape index (κ1) is 12.9. The van der Waals surface area contributed by atoms with Gasteiger partial charge in [0.15, 0.2) is 0 Å². The number of nitrogens with one attached hydrogen (secondary N) is 1.